The van der Waals surface area contributed by atoms with Gasteiger partial charge in [-0.2, -0.15) is 9.78 Å². The van der Waals surface area contributed by atoms with Gasteiger partial charge in [0.05, 0.1) is 23.3 Å². The number of amides is 1. The summed E-state index contributed by atoms with van der Waals surface area (Å²) in [5.74, 6) is 0.408. The van der Waals surface area contributed by atoms with E-state index < -0.39 is 0 Å². The second-order valence-electron chi connectivity index (χ2n) is 5.98. The van der Waals surface area contributed by atoms with E-state index >= 15 is 0 Å². The Morgan fingerprint density at radius 1 is 1.35 bits per heavy atom. The van der Waals surface area contributed by atoms with Crippen molar-refractivity contribution in [1.82, 2.24) is 29.6 Å². The lowest BCUT2D eigenvalue weighted by molar-refractivity contribution is 0.239. The molecule has 0 spiro atoms. The monoisotopic (exact) mass is 311 g/mol. The van der Waals surface area contributed by atoms with Crippen molar-refractivity contribution in [3.63, 3.8) is 0 Å². The summed E-state index contributed by atoms with van der Waals surface area (Å²) in [5, 5.41) is 7.97. The first kappa shape index (κ1) is 13.7. The maximum absolute atomic E-state index is 12.3. The van der Waals surface area contributed by atoms with Crippen molar-refractivity contribution in [3.05, 3.63) is 23.8 Å². The Morgan fingerprint density at radius 3 is 2.87 bits per heavy atom. The molecule has 0 unspecified atom stereocenters. The van der Waals surface area contributed by atoms with E-state index in [0.717, 1.165) is 33.7 Å². The summed E-state index contributed by atoms with van der Waals surface area (Å²) in [4.78, 5) is 20.9. The number of nitrogen functional groups attached to an aromatic ring is 1. The molecule has 1 aliphatic rings. The third-order valence-electron chi connectivity index (χ3n) is 4.12. The van der Waals surface area contributed by atoms with E-state index in [-0.39, 0.29) is 12.1 Å². The highest BCUT2D eigenvalue weighted by atomic mass is 16.2. The molecular weight excluding hydrogens is 294 g/mol. The molecule has 8 nitrogen and oxygen atoms in total. The van der Waals surface area contributed by atoms with Crippen LogP contribution in [0.4, 0.5) is 10.6 Å². The third kappa shape index (κ3) is 1.77. The van der Waals surface area contributed by atoms with E-state index in [1.807, 2.05) is 13.0 Å². The van der Waals surface area contributed by atoms with Gasteiger partial charge in [-0.1, -0.05) is 0 Å². The van der Waals surface area contributed by atoms with Crippen molar-refractivity contribution < 1.29 is 4.79 Å². The number of nitrogens with two attached hydrogens (primary N) is 1. The van der Waals surface area contributed by atoms with Gasteiger partial charge in [-0.05, 0) is 26.8 Å². The highest BCUT2D eigenvalue weighted by Gasteiger charge is 2.29. The van der Waals surface area contributed by atoms with Crippen LogP contribution in [0, 0.1) is 6.92 Å². The summed E-state index contributed by atoms with van der Waals surface area (Å²) in [7, 11) is 0. The number of carbonyl (C=O) groups excluding carboxylic acids is 1. The van der Waals surface area contributed by atoms with Gasteiger partial charge in [-0.25, -0.2) is 14.8 Å². The molecule has 0 bridgehead atoms. The number of aryl methyl sites for hydroxylation is 1. The van der Waals surface area contributed by atoms with Crippen LogP contribution in [0.2, 0.25) is 0 Å². The highest BCUT2D eigenvalue weighted by Crippen LogP contribution is 2.39. The molecule has 0 atom stereocenters. The van der Waals surface area contributed by atoms with Crippen LogP contribution >= 0.6 is 0 Å². The topological polar surface area (TPSA) is 104 Å². The number of fused-ring (bicyclic) bond motifs is 5. The number of hydrogen-bond donors (Lipinski definition) is 2. The number of carbonyl (C=O) groups is 1. The molecule has 0 fully saturated rings. The van der Waals surface area contributed by atoms with Crippen molar-refractivity contribution in [2.45, 2.75) is 33.4 Å². The average Bonchev–Trinajstić information content (AvgIpc) is 2.99. The van der Waals surface area contributed by atoms with E-state index in [1.54, 1.807) is 0 Å². The highest BCUT2D eigenvalue weighted by molar-refractivity contribution is 6.03. The molecule has 3 aromatic heterocycles. The molecule has 1 amide bonds. The van der Waals surface area contributed by atoms with Crippen molar-refractivity contribution in [2.75, 3.05) is 5.73 Å². The summed E-state index contributed by atoms with van der Waals surface area (Å²) in [6.45, 7) is 6.40. The molecule has 118 valence electrons. The summed E-state index contributed by atoms with van der Waals surface area (Å²) < 4.78 is 3.48. The standard InChI is InChI=1S/C15H17N7O/c1-7(2)21-10-5-17-15(23)22-9(4-8(3)20-22)11(10)12-13(16)18-6-19-14(12)21/h4,6-7H,5H2,1-3H3,(H,17,23)(H2,16,18,19). The number of anilines is 1. The van der Waals surface area contributed by atoms with Gasteiger partial charge in [0.25, 0.3) is 0 Å². The van der Waals surface area contributed by atoms with Crippen LogP contribution in [-0.2, 0) is 6.54 Å². The number of nitrogens with zero attached hydrogens (tertiary/aromatic N) is 5. The minimum Gasteiger partial charge on any atom is -0.383 e. The SMILES string of the molecule is Cc1cc2n(n1)C(=O)NCc1c-2c2c(N)ncnc2n1C(C)C. The van der Waals surface area contributed by atoms with Crippen molar-refractivity contribution in [3.8, 4) is 11.3 Å². The van der Waals surface area contributed by atoms with Gasteiger partial charge < -0.3 is 15.6 Å². The summed E-state index contributed by atoms with van der Waals surface area (Å²) in [6.07, 6.45) is 1.47. The maximum Gasteiger partial charge on any atom is 0.342 e. The molecule has 0 aromatic carbocycles. The van der Waals surface area contributed by atoms with Crippen molar-refractivity contribution >= 4 is 22.9 Å². The van der Waals surface area contributed by atoms with E-state index in [0.29, 0.717) is 12.4 Å². The molecule has 0 saturated carbocycles. The summed E-state index contributed by atoms with van der Waals surface area (Å²) >= 11 is 0. The van der Waals surface area contributed by atoms with Gasteiger partial charge in [0.1, 0.15) is 17.8 Å². The maximum atomic E-state index is 12.3. The van der Waals surface area contributed by atoms with Crippen LogP contribution in [0.3, 0.4) is 0 Å². The van der Waals surface area contributed by atoms with E-state index in [4.69, 9.17) is 5.73 Å². The third-order valence-corrected chi connectivity index (χ3v) is 4.12. The number of rotatable bonds is 1. The lowest BCUT2D eigenvalue weighted by Gasteiger charge is -2.13. The first-order chi connectivity index (χ1) is 11.0. The molecule has 23 heavy (non-hydrogen) atoms. The van der Waals surface area contributed by atoms with Gasteiger partial charge in [0.2, 0.25) is 0 Å². The number of nitrogens with one attached hydrogen (secondary N) is 1. The second-order valence-corrected chi connectivity index (χ2v) is 5.98. The van der Waals surface area contributed by atoms with Gasteiger partial charge in [0.15, 0.2) is 0 Å². The van der Waals surface area contributed by atoms with Gasteiger partial charge >= 0.3 is 6.03 Å². The fourth-order valence-corrected chi connectivity index (χ4v) is 3.28. The van der Waals surface area contributed by atoms with Gasteiger partial charge in [0, 0.05) is 17.3 Å². The summed E-state index contributed by atoms with van der Waals surface area (Å²) in [6, 6.07) is 1.81. The molecule has 3 aromatic rings. The minimum absolute atomic E-state index is 0.169. The van der Waals surface area contributed by atoms with E-state index in [2.05, 4.69) is 38.8 Å². The lowest BCUT2D eigenvalue weighted by atomic mass is 10.1. The molecule has 4 rings (SSSR count). The molecule has 1 aliphatic heterocycles. The predicted octanol–water partition coefficient (Wildman–Crippen LogP) is 1.84. The molecular formula is C15H17N7O. The summed E-state index contributed by atoms with van der Waals surface area (Å²) in [5.41, 5.74) is 10.3. The first-order valence-electron chi connectivity index (χ1n) is 7.47. The Hall–Kier alpha value is -2.90. The zero-order chi connectivity index (χ0) is 16.3. The molecule has 3 N–H and O–H groups in total. The smallest absolute Gasteiger partial charge is 0.342 e. The second kappa shape index (κ2) is 4.55. The molecule has 0 saturated heterocycles. The van der Waals surface area contributed by atoms with Crippen LogP contribution in [0.15, 0.2) is 12.4 Å². The van der Waals surface area contributed by atoms with E-state index in [9.17, 15) is 4.79 Å². The van der Waals surface area contributed by atoms with Crippen LogP contribution < -0.4 is 11.1 Å². The quantitative estimate of drug-likeness (QED) is 0.713. The van der Waals surface area contributed by atoms with Gasteiger partial charge in [-0.3, -0.25) is 0 Å². The van der Waals surface area contributed by atoms with Crippen LogP contribution in [0.1, 0.15) is 31.3 Å². The number of aromatic nitrogens is 5. The largest absolute Gasteiger partial charge is 0.383 e. The molecule has 8 heteroatoms. The lowest BCUT2D eigenvalue weighted by Crippen LogP contribution is -2.28. The van der Waals surface area contributed by atoms with Crippen molar-refractivity contribution in [2.24, 2.45) is 0 Å². The molecule has 0 radical (unpaired) electrons. The zero-order valence-corrected chi connectivity index (χ0v) is 13.2. The zero-order valence-electron chi connectivity index (χ0n) is 13.2. The first-order valence-corrected chi connectivity index (χ1v) is 7.47. The van der Waals surface area contributed by atoms with Crippen molar-refractivity contribution in [1.29, 1.82) is 0 Å². The fraction of sp³-hybridized carbons (Fsp3) is 0.333. The van der Waals surface area contributed by atoms with Gasteiger partial charge in [-0.15, -0.1) is 0 Å². The van der Waals surface area contributed by atoms with E-state index in [1.165, 1.54) is 11.0 Å². The Balaban J connectivity index is 2.21. The molecule has 4 heterocycles. The predicted molar refractivity (Wildman–Crippen MR) is 85.9 cm³/mol. The Morgan fingerprint density at radius 2 is 2.13 bits per heavy atom. The Bertz CT molecular complexity index is 951. The molecule has 0 aliphatic carbocycles. The van der Waals surface area contributed by atoms with Crippen LogP contribution in [0.5, 0.6) is 0 Å². The average molecular weight is 311 g/mol. The Kier molecular flexibility index (Phi) is 2.72. The minimum atomic E-state index is -0.247. The Labute approximate surface area is 132 Å². The van der Waals surface area contributed by atoms with Crippen LogP contribution in [0.25, 0.3) is 22.3 Å². The van der Waals surface area contributed by atoms with Crippen LogP contribution in [-0.4, -0.2) is 30.3 Å². The normalized spacial score (nSPS) is 13.8. The fourth-order valence-electron chi connectivity index (χ4n) is 3.28. The number of hydrogen-bond acceptors (Lipinski definition) is 5.